The van der Waals surface area contributed by atoms with E-state index in [-0.39, 0.29) is 18.1 Å². The number of rotatable bonds is 6. The SMILES string of the molecule is CC(NC(=O)CCc1c[nH]c2cc(F)ccc12)c1ccc(OC(F)(F)F)cn1. The van der Waals surface area contributed by atoms with Crippen molar-refractivity contribution in [2.45, 2.75) is 32.2 Å². The maximum absolute atomic E-state index is 13.2. The number of nitrogens with zero attached hydrogens (tertiary/aromatic N) is 1. The van der Waals surface area contributed by atoms with E-state index in [9.17, 15) is 22.4 Å². The van der Waals surface area contributed by atoms with Crippen LogP contribution in [0.2, 0.25) is 0 Å². The van der Waals surface area contributed by atoms with Gasteiger partial charge in [-0.05, 0) is 49.2 Å². The summed E-state index contributed by atoms with van der Waals surface area (Å²) in [7, 11) is 0. The normalized spacial score (nSPS) is 12.8. The highest BCUT2D eigenvalue weighted by molar-refractivity contribution is 5.84. The van der Waals surface area contributed by atoms with Gasteiger partial charge < -0.3 is 15.0 Å². The molecular formula is C19H17F4N3O2. The van der Waals surface area contributed by atoms with E-state index in [2.05, 4.69) is 20.0 Å². The molecule has 1 atom stereocenters. The van der Waals surface area contributed by atoms with Gasteiger partial charge in [0.25, 0.3) is 0 Å². The Morgan fingerprint density at radius 1 is 1.29 bits per heavy atom. The second-order valence-corrected chi connectivity index (χ2v) is 6.26. The molecule has 28 heavy (non-hydrogen) atoms. The van der Waals surface area contributed by atoms with Crippen molar-refractivity contribution in [1.29, 1.82) is 0 Å². The van der Waals surface area contributed by atoms with Gasteiger partial charge in [-0.1, -0.05) is 0 Å². The number of aromatic nitrogens is 2. The van der Waals surface area contributed by atoms with Crippen molar-refractivity contribution in [3.05, 3.63) is 59.8 Å². The van der Waals surface area contributed by atoms with Crippen molar-refractivity contribution in [3.8, 4) is 5.75 Å². The van der Waals surface area contributed by atoms with Gasteiger partial charge in [0, 0.05) is 23.5 Å². The summed E-state index contributed by atoms with van der Waals surface area (Å²) < 4.78 is 53.5. The van der Waals surface area contributed by atoms with Gasteiger partial charge in [-0.15, -0.1) is 13.2 Å². The zero-order valence-corrected chi connectivity index (χ0v) is 14.8. The minimum atomic E-state index is -4.78. The lowest BCUT2D eigenvalue weighted by Crippen LogP contribution is -2.27. The van der Waals surface area contributed by atoms with Crippen LogP contribution in [0.4, 0.5) is 17.6 Å². The average molecular weight is 395 g/mol. The van der Waals surface area contributed by atoms with Crippen LogP contribution in [-0.2, 0) is 11.2 Å². The van der Waals surface area contributed by atoms with E-state index in [0.717, 1.165) is 23.2 Å². The lowest BCUT2D eigenvalue weighted by molar-refractivity contribution is -0.274. The molecule has 5 nitrogen and oxygen atoms in total. The van der Waals surface area contributed by atoms with Crippen LogP contribution in [0, 0.1) is 5.82 Å². The molecule has 1 unspecified atom stereocenters. The molecule has 2 aromatic heterocycles. The number of H-pyrrole nitrogens is 1. The molecule has 3 aromatic rings. The molecule has 9 heteroatoms. The first kappa shape index (κ1) is 19.7. The van der Waals surface area contributed by atoms with Crippen LogP contribution in [0.25, 0.3) is 10.9 Å². The molecular weight excluding hydrogens is 378 g/mol. The van der Waals surface area contributed by atoms with E-state index >= 15 is 0 Å². The number of aryl methyl sites for hydroxylation is 1. The van der Waals surface area contributed by atoms with Gasteiger partial charge in [0.1, 0.15) is 11.6 Å². The fourth-order valence-corrected chi connectivity index (χ4v) is 2.84. The zero-order valence-electron chi connectivity index (χ0n) is 14.8. The van der Waals surface area contributed by atoms with Crippen molar-refractivity contribution >= 4 is 16.8 Å². The van der Waals surface area contributed by atoms with Gasteiger partial charge in [0.2, 0.25) is 5.91 Å². The third-order valence-electron chi connectivity index (χ3n) is 4.16. The third kappa shape index (κ3) is 4.99. The van der Waals surface area contributed by atoms with Crippen molar-refractivity contribution in [1.82, 2.24) is 15.3 Å². The lowest BCUT2D eigenvalue weighted by Gasteiger charge is -2.14. The minimum Gasteiger partial charge on any atom is -0.404 e. The molecule has 1 aromatic carbocycles. The van der Waals surface area contributed by atoms with Crippen LogP contribution < -0.4 is 10.1 Å². The van der Waals surface area contributed by atoms with Crippen LogP contribution >= 0.6 is 0 Å². The predicted molar refractivity (Wildman–Crippen MR) is 94.1 cm³/mol. The number of benzene rings is 1. The van der Waals surface area contributed by atoms with Crippen molar-refractivity contribution in [3.63, 3.8) is 0 Å². The summed E-state index contributed by atoms with van der Waals surface area (Å²) in [5.74, 6) is -1.00. The average Bonchev–Trinajstić information content (AvgIpc) is 3.01. The number of pyridine rings is 1. The fourth-order valence-electron chi connectivity index (χ4n) is 2.84. The topological polar surface area (TPSA) is 67.0 Å². The number of hydrogen-bond donors (Lipinski definition) is 2. The van der Waals surface area contributed by atoms with Gasteiger partial charge >= 0.3 is 6.36 Å². The summed E-state index contributed by atoms with van der Waals surface area (Å²) in [6.07, 6.45) is -1.44. The summed E-state index contributed by atoms with van der Waals surface area (Å²) in [5, 5.41) is 3.60. The second-order valence-electron chi connectivity index (χ2n) is 6.26. The number of ether oxygens (including phenoxy) is 1. The van der Waals surface area contributed by atoms with E-state index in [1.165, 1.54) is 18.2 Å². The predicted octanol–water partition coefficient (Wildman–Crippen LogP) is 4.41. The smallest absolute Gasteiger partial charge is 0.404 e. The number of nitrogens with one attached hydrogen (secondary N) is 2. The molecule has 1 amide bonds. The number of hydrogen-bond acceptors (Lipinski definition) is 3. The molecule has 0 fully saturated rings. The van der Waals surface area contributed by atoms with Crippen molar-refractivity contribution in [2.24, 2.45) is 0 Å². The molecule has 0 bridgehead atoms. The number of carbonyl (C=O) groups is 1. The van der Waals surface area contributed by atoms with Crippen molar-refractivity contribution < 1.29 is 27.1 Å². The molecule has 2 heterocycles. The summed E-state index contributed by atoms with van der Waals surface area (Å²) >= 11 is 0. The van der Waals surface area contributed by atoms with E-state index in [1.807, 2.05) is 0 Å². The highest BCUT2D eigenvalue weighted by Gasteiger charge is 2.31. The van der Waals surface area contributed by atoms with Crippen LogP contribution in [0.3, 0.4) is 0 Å². The standard InChI is InChI=1S/C19H17F4N3O2/c1-11(16-6-4-14(10-25-16)28-19(21,22)23)26-18(27)7-2-12-9-24-17-8-13(20)3-5-15(12)17/h3-6,8-11,24H,2,7H2,1H3,(H,26,27). The quantitative estimate of drug-likeness (QED) is 0.608. The molecule has 0 aliphatic heterocycles. The Balaban J connectivity index is 1.55. The highest BCUT2D eigenvalue weighted by Crippen LogP contribution is 2.23. The van der Waals surface area contributed by atoms with Gasteiger partial charge in [0.15, 0.2) is 0 Å². The number of aromatic amines is 1. The Labute approximate surface area is 157 Å². The van der Waals surface area contributed by atoms with Gasteiger partial charge in [-0.25, -0.2) is 4.39 Å². The number of fused-ring (bicyclic) bond motifs is 1. The fraction of sp³-hybridized carbons (Fsp3) is 0.263. The first-order chi connectivity index (χ1) is 13.2. The lowest BCUT2D eigenvalue weighted by atomic mass is 10.1. The van der Waals surface area contributed by atoms with Crippen LogP contribution in [0.15, 0.2) is 42.7 Å². The molecule has 0 radical (unpaired) electrons. The van der Waals surface area contributed by atoms with Crippen LogP contribution in [0.1, 0.15) is 30.6 Å². The minimum absolute atomic E-state index is 0.198. The molecule has 0 saturated carbocycles. The molecule has 2 N–H and O–H groups in total. The largest absolute Gasteiger partial charge is 0.573 e. The Bertz CT molecular complexity index is 967. The van der Waals surface area contributed by atoms with Crippen molar-refractivity contribution in [2.75, 3.05) is 0 Å². The Hall–Kier alpha value is -3.10. The molecule has 148 valence electrons. The molecule has 0 saturated heterocycles. The van der Waals surface area contributed by atoms with Gasteiger partial charge in [-0.2, -0.15) is 0 Å². The molecule has 0 aliphatic rings. The summed E-state index contributed by atoms with van der Waals surface area (Å²) in [6, 6.07) is 6.43. The summed E-state index contributed by atoms with van der Waals surface area (Å²) in [6.45, 7) is 1.68. The van der Waals surface area contributed by atoms with E-state index in [1.54, 1.807) is 19.2 Å². The second kappa shape index (κ2) is 7.87. The number of alkyl halides is 3. The maximum Gasteiger partial charge on any atom is 0.573 e. The Morgan fingerprint density at radius 3 is 2.75 bits per heavy atom. The molecule has 0 spiro atoms. The zero-order chi connectivity index (χ0) is 20.3. The Kier molecular flexibility index (Phi) is 5.53. The number of carbonyl (C=O) groups excluding carboxylic acids is 1. The monoisotopic (exact) mass is 395 g/mol. The molecule has 3 rings (SSSR count). The van der Waals surface area contributed by atoms with E-state index < -0.39 is 18.2 Å². The highest BCUT2D eigenvalue weighted by atomic mass is 19.4. The van der Waals surface area contributed by atoms with Gasteiger partial charge in [-0.3, -0.25) is 9.78 Å². The summed E-state index contributed by atoms with van der Waals surface area (Å²) in [5.41, 5.74) is 1.96. The van der Waals surface area contributed by atoms with Crippen LogP contribution in [-0.4, -0.2) is 22.2 Å². The first-order valence-corrected chi connectivity index (χ1v) is 8.48. The van der Waals surface area contributed by atoms with E-state index in [0.29, 0.717) is 17.6 Å². The maximum atomic E-state index is 13.2. The number of halogens is 4. The molecule has 0 aliphatic carbocycles. The Morgan fingerprint density at radius 2 is 2.07 bits per heavy atom. The van der Waals surface area contributed by atoms with Gasteiger partial charge in [0.05, 0.1) is 17.9 Å². The van der Waals surface area contributed by atoms with Crippen LogP contribution in [0.5, 0.6) is 5.75 Å². The summed E-state index contributed by atoms with van der Waals surface area (Å²) in [4.78, 5) is 19.0. The third-order valence-corrected chi connectivity index (χ3v) is 4.16. The van der Waals surface area contributed by atoms with E-state index in [4.69, 9.17) is 0 Å². The number of amides is 1. The first-order valence-electron chi connectivity index (χ1n) is 8.48.